The van der Waals surface area contributed by atoms with Crippen LogP contribution < -0.4 is 0 Å². The summed E-state index contributed by atoms with van der Waals surface area (Å²) in [6, 6.07) is 9.71. The molecule has 1 aliphatic rings. The molecule has 0 aliphatic heterocycles. The van der Waals surface area contributed by atoms with Gasteiger partial charge in [-0.25, -0.2) is 9.18 Å². The van der Waals surface area contributed by atoms with Gasteiger partial charge in [-0.15, -0.1) is 0 Å². The summed E-state index contributed by atoms with van der Waals surface area (Å²) in [5.74, 6) is -1.64. The van der Waals surface area contributed by atoms with Crippen LogP contribution in [-0.2, 0) is 4.79 Å². The zero-order valence-electron chi connectivity index (χ0n) is 9.68. The van der Waals surface area contributed by atoms with E-state index in [1.807, 2.05) is 30.3 Å². The second kappa shape index (κ2) is 5.30. The Labute approximate surface area is 100 Å². The SMILES string of the molecule is O=C(O)C(F)C1CCCCC1c1ccccc1. The molecule has 1 saturated carbocycles. The topological polar surface area (TPSA) is 37.3 Å². The maximum absolute atomic E-state index is 13.7. The summed E-state index contributed by atoms with van der Waals surface area (Å²) in [6.45, 7) is 0. The van der Waals surface area contributed by atoms with Crippen molar-refractivity contribution in [2.75, 3.05) is 0 Å². The Morgan fingerprint density at radius 2 is 1.88 bits per heavy atom. The van der Waals surface area contributed by atoms with Crippen LogP contribution in [0.2, 0.25) is 0 Å². The van der Waals surface area contributed by atoms with Gasteiger partial charge < -0.3 is 5.11 Å². The molecule has 0 bridgehead atoms. The van der Waals surface area contributed by atoms with Crippen LogP contribution in [0.5, 0.6) is 0 Å². The van der Waals surface area contributed by atoms with Gasteiger partial charge in [0, 0.05) is 5.92 Å². The van der Waals surface area contributed by atoms with Crippen LogP contribution >= 0.6 is 0 Å². The fourth-order valence-electron chi connectivity index (χ4n) is 2.81. The van der Waals surface area contributed by atoms with E-state index in [4.69, 9.17) is 5.11 Å². The van der Waals surface area contributed by atoms with E-state index in [2.05, 4.69) is 0 Å². The molecule has 1 aromatic rings. The number of halogens is 1. The molecule has 0 aromatic heterocycles. The third kappa shape index (κ3) is 2.65. The van der Waals surface area contributed by atoms with Gasteiger partial charge in [0.15, 0.2) is 6.17 Å². The lowest BCUT2D eigenvalue weighted by molar-refractivity contribution is -0.145. The molecule has 1 fully saturated rings. The monoisotopic (exact) mass is 236 g/mol. The molecule has 3 heteroatoms. The molecule has 17 heavy (non-hydrogen) atoms. The highest BCUT2D eigenvalue weighted by Gasteiger charge is 2.36. The van der Waals surface area contributed by atoms with Crippen molar-refractivity contribution in [2.24, 2.45) is 5.92 Å². The van der Waals surface area contributed by atoms with Crippen LogP contribution in [0.15, 0.2) is 30.3 Å². The van der Waals surface area contributed by atoms with Gasteiger partial charge in [-0.2, -0.15) is 0 Å². The van der Waals surface area contributed by atoms with Crippen molar-refractivity contribution >= 4 is 5.97 Å². The third-order valence-electron chi connectivity index (χ3n) is 3.66. The van der Waals surface area contributed by atoms with Crippen molar-refractivity contribution in [3.05, 3.63) is 35.9 Å². The molecular weight excluding hydrogens is 219 g/mol. The molecule has 0 saturated heterocycles. The van der Waals surface area contributed by atoms with Gasteiger partial charge in [-0.3, -0.25) is 0 Å². The number of carboxylic acid groups (broad SMARTS) is 1. The Balaban J connectivity index is 2.21. The van der Waals surface area contributed by atoms with Crippen LogP contribution in [0.1, 0.15) is 37.2 Å². The summed E-state index contributed by atoms with van der Waals surface area (Å²) in [4.78, 5) is 10.8. The number of rotatable bonds is 3. The number of carboxylic acids is 1. The molecule has 2 rings (SSSR count). The Kier molecular flexibility index (Phi) is 3.77. The van der Waals surface area contributed by atoms with Crippen LogP contribution in [0.4, 0.5) is 4.39 Å². The van der Waals surface area contributed by atoms with Gasteiger partial charge in [-0.05, 0) is 24.3 Å². The van der Waals surface area contributed by atoms with Crippen molar-refractivity contribution in [1.29, 1.82) is 0 Å². The molecule has 0 heterocycles. The van der Waals surface area contributed by atoms with Gasteiger partial charge in [-0.1, -0.05) is 43.2 Å². The van der Waals surface area contributed by atoms with Crippen molar-refractivity contribution in [2.45, 2.75) is 37.8 Å². The van der Waals surface area contributed by atoms with Crippen molar-refractivity contribution < 1.29 is 14.3 Å². The Bertz CT molecular complexity index is 377. The molecule has 3 atom stereocenters. The molecule has 1 N–H and O–H groups in total. The number of alkyl halides is 1. The Hall–Kier alpha value is -1.38. The van der Waals surface area contributed by atoms with Gasteiger partial charge in [0.25, 0.3) is 0 Å². The molecule has 1 aliphatic carbocycles. The van der Waals surface area contributed by atoms with Gasteiger partial charge >= 0.3 is 5.97 Å². The maximum Gasteiger partial charge on any atom is 0.338 e. The highest BCUT2D eigenvalue weighted by atomic mass is 19.1. The average molecular weight is 236 g/mol. The van der Waals surface area contributed by atoms with Crippen molar-refractivity contribution in [1.82, 2.24) is 0 Å². The average Bonchev–Trinajstić information content (AvgIpc) is 2.39. The third-order valence-corrected chi connectivity index (χ3v) is 3.66. The molecule has 0 amide bonds. The zero-order chi connectivity index (χ0) is 12.3. The lowest BCUT2D eigenvalue weighted by Crippen LogP contribution is -2.32. The van der Waals surface area contributed by atoms with Crippen LogP contribution in [0.3, 0.4) is 0 Å². The second-order valence-corrected chi connectivity index (χ2v) is 4.71. The van der Waals surface area contributed by atoms with E-state index < -0.39 is 12.1 Å². The van der Waals surface area contributed by atoms with E-state index >= 15 is 0 Å². The lowest BCUT2D eigenvalue weighted by atomic mass is 9.73. The van der Waals surface area contributed by atoms with Gasteiger partial charge in [0.05, 0.1) is 0 Å². The Morgan fingerprint density at radius 1 is 1.24 bits per heavy atom. The number of carbonyl (C=O) groups is 1. The van der Waals surface area contributed by atoms with Gasteiger partial charge in [0.2, 0.25) is 0 Å². The van der Waals surface area contributed by atoms with Crippen molar-refractivity contribution in [3.8, 4) is 0 Å². The first-order chi connectivity index (χ1) is 8.20. The smallest absolute Gasteiger partial charge is 0.338 e. The first-order valence-electron chi connectivity index (χ1n) is 6.12. The maximum atomic E-state index is 13.7. The highest BCUT2D eigenvalue weighted by molar-refractivity contribution is 5.72. The minimum Gasteiger partial charge on any atom is -0.479 e. The summed E-state index contributed by atoms with van der Waals surface area (Å²) in [5, 5.41) is 8.82. The molecule has 1 aromatic carbocycles. The molecule has 92 valence electrons. The normalized spacial score (nSPS) is 26.4. The minimum atomic E-state index is -1.74. The first kappa shape index (κ1) is 12.1. The minimum absolute atomic E-state index is 0.0519. The first-order valence-corrected chi connectivity index (χ1v) is 6.12. The largest absolute Gasteiger partial charge is 0.479 e. The summed E-state index contributed by atoms with van der Waals surface area (Å²) in [5.41, 5.74) is 1.07. The van der Waals surface area contributed by atoms with E-state index in [1.54, 1.807) is 0 Å². The van der Waals surface area contributed by atoms with E-state index in [0.29, 0.717) is 6.42 Å². The number of aliphatic carboxylic acids is 1. The summed E-state index contributed by atoms with van der Waals surface area (Å²) >= 11 is 0. The number of hydrogen-bond acceptors (Lipinski definition) is 1. The number of benzene rings is 1. The van der Waals surface area contributed by atoms with E-state index in [9.17, 15) is 9.18 Å². The standard InChI is InChI=1S/C14H17FO2/c15-13(14(16)17)12-9-5-4-8-11(12)10-6-2-1-3-7-10/h1-3,6-7,11-13H,4-5,8-9H2,(H,16,17). The predicted octanol–water partition coefficient (Wildman–Crippen LogP) is 3.38. The molecule has 0 spiro atoms. The van der Waals surface area contributed by atoms with E-state index in [1.165, 1.54) is 0 Å². The molecule has 0 radical (unpaired) electrons. The van der Waals surface area contributed by atoms with E-state index in [-0.39, 0.29) is 11.8 Å². The molecule has 3 unspecified atom stereocenters. The predicted molar refractivity (Wildman–Crippen MR) is 63.7 cm³/mol. The van der Waals surface area contributed by atoms with Crippen molar-refractivity contribution in [3.63, 3.8) is 0 Å². The zero-order valence-corrected chi connectivity index (χ0v) is 9.68. The molecular formula is C14H17FO2. The summed E-state index contributed by atoms with van der Waals surface area (Å²) in [6.07, 6.45) is 1.82. The number of hydrogen-bond donors (Lipinski definition) is 1. The Morgan fingerprint density at radius 3 is 2.53 bits per heavy atom. The lowest BCUT2D eigenvalue weighted by Gasteiger charge is -2.32. The summed E-state index contributed by atoms with van der Waals surface area (Å²) in [7, 11) is 0. The van der Waals surface area contributed by atoms with Gasteiger partial charge in [0.1, 0.15) is 0 Å². The fraction of sp³-hybridized carbons (Fsp3) is 0.500. The second-order valence-electron chi connectivity index (χ2n) is 4.71. The highest BCUT2D eigenvalue weighted by Crippen LogP contribution is 2.40. The summed E-state index contributed by atoms with van der Waals surface area (Å²) < 4.78 is 13.7. The van der Waals surface area contributed by atoms with Crippen LogP contribution in [0.25, 0.3) is 0 Å². The van der Waals surface area contributed by atoms with E-state index in [0.717, 1.165) is 24.8 Å². The van der Waals surface area contributed by atoms with Crippen LogP contribution in [0, 0.1) is 5.92 Å². The van der Waals surface area contributed by atoms with Crippen LogP contribution in [-0.4, -0.2) is 17.2 Å². The fourth-order valence-corrected chi connectivity index (χ4v) is 2.81. The molecule has 2 nitrogen and oxygen atoms in total. The quantitative estimate of drug-likeness (QED) is 0.873.